The Bertz CT molecular complexity index is 870. The molecule has 0 aromatic carbocycles. The number of nitriles is 1. The van der Waals surface area contributed by atoms with Crippen LogP contribution in [0.1, 0.15) is 29.7 Å². The molecule has 1 unspecified atom stereocenters. The molecule has 118 valence electrons. The van der Waals surface area contributed by atoms with Crippen LogP contribution in [-0.2, 0) is 12.1 Å². The third-order valence-corrected chi connectivity index (χ3v) is 3.76. The number of hydrogen-bond donors (Lipinski definition) is 2. The van der Waals surface area contributed by atoms with E-state index < -0.39 is 5.60 Å². The highest BCUT2D eigenvalue weighted by molar-refractivity contribution is 5.44. The molecule has 3 rings (SSSR count). The van der Waals surface area contributed by atoms with E-state index in [0.717, 1.165) is 17.1 Å². The molecule has 6 nitrogen and oxygen atoms in total. The van der Waals surface area contributed by atoms with Gasteiger partial charge in [0.05, 0.1) is 17.5 Å². The van der Waals surface area contributed by atoms with Gasteiger partial charge < -0.3 is 19.2 Å². The summed E-state index contributed by atoms with van der Waals surface area (Å²) >= 11 is 0. The maximum Gasteiger partial charge on any atom is 0.137 e. The molecule has 23 heavy (non-hydrogen) atoms. The molecule has 0 aliphatic carbocycles. The zero-order valence-electron chi connectivity index (χ0n) is 13.1. The predicted octanol–water partition coefficient (Wildman–Crippen LogP) is 2.10. The number of nitrogens with zero attached hydrogens (tertiary/aromatic N) is 3. The third-order valence-electron chi connectivity index (χ3n) is 3.76. The molecule has 0 fully saturated rings. The van der Waals surface area contributed by atoms with Crippen LogP contribution < -0.4 is 5.32 Å². The Kier molecular flexibility index (Phi) is 3.90. The van der Waals surface area contributed by atoms with Gasteiger partial charge in [0, 0.05) is 19.3 Å². The zero-order chi connectivity index (χ0) is 16.4. The Morgan fingerprint density at radius 2 is 2.22 bits per heavy atom. The molecule has 6 heteroatoms. The highest BCUT2D eigenvalue weighted by atomic mass is 16.4. The second-order valence-corrected chi connectivity index (χ2v) is 5.80. The molecule has 0 bridgehead atoms. The van der Waals surface area contributed by atoms with Crippen LogP contribution >= 0.6 is 0 Å². The van der Waals surface area contributed by atoms with Crippen molar-refractivity contribution in [3.05, 3.63) is 59.4 Å². The summed E-state index contributed by atoms with van der Waals surface area (Å²) in [4.78, 5) is 4.30. The number of nitrogens with one attached hydrogen (secondary N) is 1. The molecule has 1 atom stereocenters. The Labute approximate surface area is 134 Å². The monoisotopic (exact) mass is 310 g/mol. The van der Waals surface area contributed by atoms with Gasteiger partial charge in [-0.3, -0.25) is 0 Å². The fraction of sp³-hybridized carbons (Fsp3) is 0.294. The summed E-state index contributed by atoms with van der Waals surface area (Å²) in [7, 11) is 0. The Balaban J connectivity index is 1.70. The SMILES string of the molecule is Cc1ccc(C(C)(O)CNCc2cnc3ccc(C#N)cn23)o1. The summed E-state index contributed by atoms with van der Waals surface area (Å²) in [6.07, 6.45) is 3.52. The summed E-state index contributed by atoms with van der Waals surface area (Å²) < 4.78 is 7.37. The Hall–Kier alpha value is -2.62. The molecule has 3 heterocycles. The van der Waals surface area contributed by atoms with Crippen LogP contribution in [0.25, 0.3) is 5.65 Å². The normalized spacial score (nSPS) is 13.8. The van der Waals surface area contributed by atoms with Gasteiger partial charge in [-0.1, -0.05) is 0 Å². The molecule has 3 aromatic rings. The average molecular weight is 310 g/mol. The van der Waals surface area contributed by atoms with Gasteiger partial charge >= 0.3 is 0 Å². The first kappa shape index (κ1) is 15.3. The van der Waals surface area contributed by atoms with Crippen molar-refractivity contribution in [2.24, 2.45) is 0 Å². The molecule has 2 N–H and O–H groups in total. The summed E-state index contributed by atoms with van der Waals surface area (Å²) in [5.74, 6) is 1.30. The van der Waals surface area contributed by atoms with Crippen molar-refractivity contribution in [3.63, 3.8) is 0 Å². The van der Waals surface area contributed by atoms with Crippen molar-refractivity contribution in [3.8, 4) is 6.07 Å². The number of hydrogen-bond acceptors (Lipinski definition) is 5. The first-order valence-corrected chi connectivity index (χ1v) is 7.36. The maximum absolute atomic E-state index is 10.5. The lowest BCUT2D eigenvalue weighted by molar-refractivity contribution is 0.0332. The van der Waals surface area contributed by atoms with Gasteiger partial charge in [-0.05, 0) is 38.1 Å². The molecule has 0 aliphatic heterocycles. The smallest absolute Gasteiger partial charge is 0.137 e. The number of furan rings is 1. The van der Waals surface area contributed by atoms with E-state index >= 15 is 0 Å². The number of aromatic nitrogens is 2. The summed E-state index contributed by atoms with van der Waals surface area (Å²) in [5, 5.41) is 22.7. The van der Waals surface area contributed by atoms with Gasteiger partial charge in [0.25, 0.3) is 0 Å². The van der Waals surface area contributed by atoms with E-state index in [0.29, 0.717) is 24.4 Å². The lowest BCUT2D eigenvalue weighted by Crippen LogP contribution is -2.35. The summed E-state index contributed by atoms with van der Waals surface area (Å²) in [6, 6.07) is 9.28. The fourth-order valence-corrected chi connectivity index (χ4v) is 2.47. The molecule has 0 amide bonds. The van der Waals surface area contributed by atoms with Crippen LogP contribution in [0, 0.1) is 18.3 Å². The molecule has 0 saturated carbocycles. The van der Waals surface area contributed by atoms with Crippen LogP contribution in [0.3, 0.4) is 0 Å². The first-order valence-electron chi connectivity index (χ1n) is 7.36. The van der Waals surface area contributed by atoms with Crippen LogP contribution in [0.15, 0.2) is 41.1 Å². The van der Waals surface area contributed by atoms with Crippen LogP contribution in [0.2, 0.25) is 0 Å². The highest BCUT2D eigenvalue weighted by Gasteiger charge is 2.26. The predicted molar refractivity (Wildman–Crippen MR) is 84.6 cm³/mol. The van der Waals surface area contributed by atoms with E-state index in [1.165, 1.54) is 0 Å². The topological polar surface area (TPSA) is 86.5 Å². The number of rotatable bonds is 5. The van der Waals surface area contributed by atoms with Gasteiger partial charge in [0.2, 0.25) is 0 Å². The van der Waals surface area contributed by atoms with Crippen LogP contribution in [-0.4, -0.2) is 21.0 Å². The van der Waals surface area contributed by atoms with E-state index in [-0.39, 0.29) is 0 Å². The second kappa shape index (κ2) is 5.88. The number of aliphatic hydroxyl groups is 1. The number of aryl methyl sites for hydroxylation is 1. The van der Waals surface area contributed by atoms with E-state index in [4.69, 9.17) is 9.68 Å². The van der Waals surface area contributed by atoms with Gasteiger partial charge in [-0.15, -0.1) is 0 Å². The number of fused-ring (bicyclic) bond motifs is 1. The third kappa shape index (κ3) is 3.11. The molecule has 0 saturated heterocycles. The molecular weight excluding hydrogens is 292 g/mol. The minimum absolute atomic E-state index is 0.338. The quantitative estimate of drug-likeness (QED) is 0.753. The molecule has 0 aliphatic rings. The van der Waals surface area contributed by atoms with Crippen molar-refractivity contribution in [1.29, 1.82) is 5.26 Å². The van der Waals surface area contributed by atoms with Crippen LogP contribution in [0.4, 0.5) is 0 Å². The van der Waals surface area contributed by atoms with Crippen molar-refractivity contribution in [2.75, 3.05) is 6.54 Å². The largest absolute Gasteiger partial charge is 0.463 e. The van der Waals surface area contributed by atoms with E-state index in [1.54, 1.807) is 31.5 Å². The molecular formula is C17H18N4O2. The minimum atomic E-state index is -1.09. The summed E-state index contributed by atoms with van der Waals surface area (Å²) in [5.41, 5.74) is 1.19. The first-order chi connectivity index (χ1) is 11.0. The Morgan fingerprint density at radius 3 is 2.91 bits per heavy atom. The van der Waals surface area contributed by atoms with Crippen molar-refractivity contribution in [2.45, 2.75) is 26.0 Å². The van der Waals surface area contributed by atoms with Crippen molar-refractivity contribution >= 4 is 5.65 Å². The standard InChI is InChI=1S/C17H18N4O2/c1-12-3-5-15(23-12)17(2,22)11-19-8-14-9-20-16-6-4-13(7-18)10-21(14)16/h3-6,9-10,19,22H,8,11H2,1-2H3. The minimum Gasteiger partial charge on any atom is -0.463 e. The number of imidazole rings is 1. The van der Waals surface area contributed by atoms with Gasteiger partial charge in [0.1, 0.15) is 28.8 Å². The molecule has 0 radical (unpaired) electrons. The highest BCUT2D eigenvalue weighted by Crippen LogP contribution is 2.22. The number of pyridine rings is 1. The summed E-state index contributed by atoms with van der Waals surface area (Å²) in [6.45, 7) is 4.41. The fourth-order valence-electron chi connectivity index (χ4n) is 2.47. The van der Waals surface area contributed by atoms with Gasteiger partial charge in [-0.2, -0.15) is 5.26 Å². The maximum atomic E-state index is 10.5. The van der Waals surface area contributed by atoms with Gasteiger partial charge in [-0.25, -0.2) is 4.98 Å². The Morgan fingerprint density at radius 1 is 1.39 bits per heavy atom. The lowest BCUT2D eigenvalue weighted by Gasteiger charge is -2.21. The molecule has 0 spiro atoms. The van der Waals surface area contributed by atoms with Gasteiger partial charge in [0.15, 0.2) is 0 Å². The van der Waals surface area contributed by atoms with E-state index in [2.05, 4.69) is 16.4 Å². The zero-order valence-corrected chi connectivity index (χ0v) is 13.1. The lowest BCUT2D eigenvalue weighted by atomic mass is 10.0. The van der Waals surface area contributed by atoms with Crippen molar-refractivity contribution < 1.29 is 9.52 Å². The average Bonchev–Trinajstić information content (AvgIpc) is 3.14. The van der Waals surface area contributed by atoms with Crippen LogP contribution in [0.5, 0.6) is 0 Å². The molecule has 3 aromatic heterocycles. The van der Waals surface area contributed by atoms with E-state index in [9.17, 15) is 5.11 Å². The second-order valence-electron chi connectivity index (χ2n) is 5.80. The van der Waals surface area contributed by atoms with E-state index in [1.807, 2.05) is 23.5 Å². The van der Waals surface area contributed by atoms with Crippen molar-refractivity contribution in [1.82, 2.24) is 14.7 Å².